The van der Waals surface area contributed by atoms with Crippen molar-refractivity contribution in [2.24, 2.45) is 5.92 Å². The summed E-state index contributed by atoms with van der Waals surface area (Å²) < 4.78 is 0. The Hall–Kier alpha value is -0.830. The van der Waals surface area contributed by atoms with E-state index in [1.807, 2.05) is 6.20 Å². The maximum Gasteiger partial charge on any atom is 0.0535 e. The molecule has 0 spiro atoms. The van der Waals surface area contributed by atoms with E-state index in [0.29, 0.717) is 0 Å². The molecule has 1 saturated carbocycles. The van der Waals surface area contributed by atoms with Crippen LogP contribution < -0.4 is 5.32 Å². The highest BCUT2D eigenvalue weighted by atomic mass is 15.1. The summed E-state index contributed by atoms with van der Waals surface area (Å²) in [7, 11) is 0. The second kappa shape index (κ2) is 4.79. The van der Waals surface area contributed by atoms with Crippen LogP contribution in [0.25, 0.3) is 0 Å². The molecule has 0 saturated heterocycles. The van der Waals surface area contributed by atoms with Crippen LogP contribution in [0.1, 0.15) is 43.9 Å². The quantitative estimate of drug-likeness (QED) is 0.799. The van der Waals surface area contributed by atoms with E-state index in [1.165, 1.54) is 36.9 Å². The molecule has 0 unspecified atom stereocenters. The fraction of sp³-hybridized carbons (Fsp3) is 0.750. The summed E-state index contributed by atoms with van der Waals surface area (Å²) in [6, 6.07) is 0.718. The molecule has 1 aromatic rings. The Morgan fingerprint density at radius 1 is 1.40 bits per heavy atom. The molecule has 0 amide bonds. The van der Waals surface area contributed by atoms with E-state index in [-0.39, 0.29) is 0 Å². The van der Waals surface area contributed by atoms with Gasteiger partial charge in [0, 0.05) is 23.8 Å². The zero-order valence-corrected chi connectivity index (χ0v) is 9.71. The zero-order chi connectivity index (χ0) is 10.7. The minimum Gasteiger partial charge on any atom is -0.310 e. The highest BCUT2D eigenvalue weighted by Gasteiger charge is 2.17. The molecule has 1 aromatic heterocycles. The molecule has 1 aliphatic rings. The number of aryl methyl sites for hydroxylation is 1. The normalized spacial score (nSPS) is 26.8. The van der Waals surface area contributed by atoms with Crippen molar-refractivity contribution in [3.8, 4) is 0 Å². The van der Waals surface area contributed by atoms with Gasteiger partial charge >= 0.3 is 0 Å². The third kappa shape index (κ3) is 2.81. The van der Waals surface area contributed by atoms with Crippen LogP contribution in [0, 0.1) is 12.8 Å². The molecule has 0 radical (unpaired) electrons. The van der Waals surface area contributed by atoms with Crippen molar-refractivity contribution in [3.63, 3.8) is 0 Å². The number of H-pyrrole nitrogens is 1. The van der Waals surface area contributed by atoms with Gasteiger partial charge in [-0.1, -0.05) is 6.92 Å². The van der Waals surface area contributed by atoms with Crippen molar-refractivity contribution in [3.05, 3.63) is 17.5 Å². The van der Waals surface area contributed by atoms with E-state index >= 15 is 0 Å². The Morgan fingerprint density at radius 2 is 2.13 bits per heavy atom. The van der Waals surface area contributed by atoms with Gasteiger partial charge in [0.15, 0.2) is 0 Å². The number of hydrogen-bond acceptors (Lipinski definition) is 2. The summed E-state index contributed by atoms with van der Waals surface area (Å²) in [5, 5.41) is 10.6. The van der Waals surface area contributed by atoms with Gasteiger partial charge in [-0.15, -0.1) is 0 Å². The number of aromatic amines is 1. The largest absolute Gasteiger partial charge is 0.310 e. The molecule has 1 heterocycles. The lowest BCUT2D eigenvalue weighted by Crippen LogP contribution is -2.32. The van der Waals surface area contributed by atoms with Crippen molar-refractivity contribution in [1.29, 1.82) is 0 Å². The van der Waals surface area contributed by atoms with Gasteiger partial charge in [0.2, 0.25) is 0 Å². The lowest BCUT2D eigenvalue weighted by Gasteiger charge is -2.26. The summed E-state index contributed by atoms with van der Waals surface area (Å²) in [4.78, 5) is 0. The van der Waals surface area contributed by atoms with Crippen molar-refractivity contribution in [2.45, 2.75) is 52.1 Å². The molecule has 2 rings (SSSR count). The first-order valence-electron chi connectivity index (χ1n) is 5.98. The lowest BCUT2D eigenvalue weighted by atomic mass is 9.87. The molecule has 3 nitrogen and oxygen atoms in total. The van der Waals surface area contributed by atoms with Crippen LogP contribution >= 0.6 is 0 Å². The first-order chi connectivity index (χ1) is 7.25. The summed E-state index contributed by atoms with van der Waals surface area (Å²) in [6.07, 6.45) is 7.34. The molecule has 15 heavy (non-hydrogen) atoms. The first kappa shape index (κ1) is 10.7. The van der Waals surface area contributed by atoms with Gasteiger partial charge in [-0.3, -0.25) is 5.10 Å². The number of nitrogens with one attached hydrogen (secondary N) is 2. The predicted octanol–water partition coefficient (Wildman–Crippen LogP) is 2.39. The van der Waals surface area contributed by atoms with Crippen LogP contribution in [0.3, 0.4) is 0 Å². The van der Waals surface area contributed by atoms with E-state index in [1.54, 1.807) is 0 Å². The summed E-state index contributed by atoms with van der Waals surface area (Å²) in [5.74, 6) is 0.929. The lowest BCUT2D eigenvalue weighted by molar-refractivity contribution is 0.306. The third-order valence-corrected chi connectivity index (χ3v) is 3.53. The average molecular weight is 207 g/mol. The van der Waals surface area contributed by atoms with Crippen molar-refractivity contribution in [1.82, 2.24) is 15.5 Å². The standard InChI is InChI=1S/C12H21N3/c1-9-3-5-12(6-4-9)13-7-11-8-14-15-10(11)2/h8-9,12-13H,3-7H2,1-2H3,(H,14,15). The van der Waals surface area contributed by atoms with Gasteiger partial charge < -0.3 is 5.32 Å². The van der Waals surface area contributed by atoms with E-state index in [2.05, 4.69) is 29.4 Å². The van der Waals surface area contributed by atoms with Crippen molar-refractivity contribution >= 4 is 0 Å². The second-order valence-electron chi connectivity index (χ2n) is 4.86. The van der Waals surface area contributed by atoms with Gasteiger partial charge in [0.1, 0.15) is 0 Å². The maximum atomic E-state index is 4.03. The summed E-state index contributed by atoms with van der Waals surface area (Å²) in [6.45, 7) is 5.39. The highest BCUT2D eigenvalue weighted by molar-refractivity contribution is 5.13. The Kier molecular flexibility index (Phi) is 3.41. The van der Waals surface area contributed by atoms with Gasteiger partial charge in [-0.2, -0.15) is 5.10 Å². The zero-order valence-electron chi connectivity index (χ0n) is 9.71. The van der Waals surface area contributed by atoms with E-state index in [0.717, 1.165) is 18.5 Å². The smallest absolute Gasteiger partial charge is 0.0535 e. The summed E-state index contributed by atoms with van der Waals surface area (Å²) >= 11 is 0. The Bertz CT molecular complexity index is 298. The minimum absolute atomic E-state index is 0.718. The van der Waals surface area contributed by atoms with Crippen LogP contribution in [0.2, 0.25) is 0 Å². The monoisotopic (exact) mass is 207 g/mol. The summed E-state index contributed by atoms with van der Waals surface area (Å²) in [5.41, 5.74) is 2.49. The van der Waals surface area contributed by atoms with Gasteiger partial charge in [-0.25, -0.2) is 0 Å². The number of aromatic nitrogens is 2. The predicted molar refractivity (Wildman–Crippen MR) is 61.6 cm³/mol. The molecule has 1 fully saturated rings. The average Bonchev–Trinajstić information content (AvgIpc) is 2.63. The molecule has 3 heteroatoms. The topological polar surface area (TPSA) is 40.7 Å². The first-order valence-corrected chi connectivity index (χ1v) is 5.98. The van der Waals surface area contributed by atoms with Gasteiger partial charge in [0.05, 0.1) is 6.20 Å². The Labute approximate surface area is 91.7 Å². The molecule has 0 bridgehead atoms. The van der Waals surface area contributed by atoms with Crippen LogP contribution in [-0.4, -0.2) is 16.2 Å². The van der Waals surface area contributed by atoms with Crippen molar-refractivity contribution < 1.29 is 0 Å². The highest BCUT2D eigenvalue weighted by Crippen LogP contribution is 2.23. The second-order valence-corrected chi connectivity index (χ2v) is 4.86. The van der Waals surface area contributed by atoms with Gasteiger partial charge in [0.25, 0.3) is 0 Å². The molecule has 2 N–H and O–H groups in total. The van der Waals surface area contributed by atoms with Crippen LogP contribution in [0.5, 0.6) is 0 Å². The SMILES string of the molecule is Cc1[nH]ncc1CNC1CCC(C)CC1. The third-order valence-electron chi connectivity index (χ3n) is 3.53. The fourth-order valence-electron chi connectivity index (χ4n) is 2.27. The van der Waals surface area contributed by atoms with E-state index in [4.69, 9.17) is 0 Å². The Balaban J connectivity index is 1.77. The molecule has 84 valence electrons. The molecule has 1 aliphatic carbocycles. The van der Waals surface area contributed by atoms with Crippen LogP contribution in [-0.2, 0) is 6.54 Å². The van der Waals surface area contributed by atoms with Crippen LogP contribution in [0.15, 0.2) is 6.20 Å². The number of rotatable bonds is 3. The van der Waals surface area contributed by atoms with Crippen LogP contribution in [0.4, 0.5) is 0 Å². The number of nitrogens with zero attached hydrogens (tertiary/aromatic N) is 1. The molecule has 0 aliphatic heterocycles. The van der Waals surface area contributed by atoms with Crippen molar-refractivity contribution in [2.75, 3.05) is 0 Å². The van der Waals surface area contributed by atoms with E-state index in [9.17, 15) is 0 Å². The number of hydrogen-bond donors (Lipinski definition) is 2. The maximum absolute atomic E-state index is 4.03. The molecular formula is C12H21N3. The molecule has 0 aromatic carbocycles. The fourth-order valence-corrected chi connectivity index (χ4v) is 2.27. The van der Waals surface area contributed by atoms with E-state index < -0.39 is 0 Å². The molecule has 0 atom stereocenters. The molecular weight excluding hydrogens is 186 g/mol. The Morgan fingerprint density at radius 3 is 2.73 bits per heavy atom. The van der Waals surface area contributed by atoms with Gasteiger partial charge in [-0.05, 0) is 38.5 Å². The minimum atomic E-state index is 0.718.